The molecular weight excluding hydrogens is 312 g/mol. The molecule has 2 amide bonds. The van der Waals surface area contributed by atoms with Gasteiger partial charge in [-0.2, -0.15) is 0 Å². The summed E-state index contributed by atoms with van der Waals surface area (Å²) in [6.45, 7) is 4.52. The van der Waals surface area contributed by atoms with E-state index in [0.29, 0.717) is 12.1 Å². The van der Waals surface area contributed by atoms with Crippen molar-refractivity contribution in [2.45, 2.75) is 38.8 Å². The van der Waals surface area contributed by atoms with E-state index in [-0.39, 0.29) is 30.2 Å². The Morgan fingerprint density at radius 1 is 1.39 bits per heavy atom. The Kier molecular flexibility index (Phi) is 4.38. The third-order valence-electron chi connectivity index (χ3n) is 3.85. The number of fused-ring (bicyclic) bond motifs is 1. The van der Waals surface area contributed by atoms with E-state index >= 15 is 0 Å². The van der Waals surface area contributed by atoms with Crippen LogP contribution in [0.2, 0.25) is 0 Å². The molecule has 2 N–H and O–H groups in total. The van der Waals surface area contributed by atoms with Gasteiger partial charge in [0.25, 0.3) is 5.91 Å². The van der Waals surface area contributed by atoms with Crippen LogP contribution in [0.4, 0.5) is 0 Å². The first-order valence-corrected chi connectivity index (χ1v) is 8.31. The van der Waals surface area contributed by atoms with Gasteiger partial charge < -0.3 is 10.6 Å². The highest BCUT2D eigenvalue weighted by Crippen LogP contribution is 2.27. The van der Waals surface area contributed by atoms with Crippen LogP contribution in [0.3, 0.4) is 0 Å². The molecule has 1 aromatic heterocycles. The van der Waals surface area contributed by atoms with Crippen LogP contribution in [0.15, 0.2) is 24.3 Å². The predicted octanol–water partition coefficient (Wildman–Crippen LogP) is 2.15. The van der Waals surface area contributed by atoms with Crippen molar-refractivity contribution in [1.29, 1.82) is 0 Å². The van der Waals surface area contributed by atoms with Crippen molar-refractivity contribution in [2.24, 2.45) is 0 Å². The molecular formula is C16H18N4O2S. The average Bonchev–Trinajstić information content (AvgIpc) is 3.11. The number of aromatic nitrogens is 2. The Hall–Kier alpha value is -2.28. The van der Waals surface area contributed by atoms with E-state index in [1.165, 1.54) is 11.5 Å². The predicted molar refractivity (Wildman–Crippen MR) is 87.1 cm³/mol. The van der Waals surface area contributed by atoms with Crippen molar-refractivity contribution >= 4 is 23.3 Å². The number of benzene rings is 1. The quantitative estimate of drug-likeness (QED) is 0.880. The minimum absolute atomic E-state index is 0.102. The summed E-state index contributed by atoms with van der Waals surface area (Å²) >= 11 is 1.31. The molecule has 120 valence electrons. The van der Waals surface area contributed by atoms with Gasteiger partial charge in [0.05, 0.1) is 29.6 Å². The van der Waals surface area contributed by atoms with Crippen LogP contribution in [-0.2, 0) is 11.3 Å². The molecule has 0 radical (unpaired) electrons. The van der Waals surface area contributed by atoms with Gasteiger partial charge in [-0.25, -0.2) is 0 Å². The maximum atomic E-state index is 12.2. The molecule has 0 unspecified atom stereocenters. The summed E-state index contributed by atoms with van der Waals surface area (Å²) in [7, 11) is 0. The molecule has 7 heteroatoms. The van der Waals surface area contributed by atoms with Crippen LogP contribution in [0.1, 0.15) is 58.7 Å². The van der Waals surface area contributed by atoms with Gasteiger partial charge in [-0.05, 0) is 29.1 Å². The number of hydrogen-bond donors (Lipinski definition) is 2. The lowest BCUT2D eigenvalue weighted by molar-refractivity contribution is -0.121. The van der Waals surface area contributed by atoms with Crippen molar-refractivity contribution < 1.29 is 9.59 Å². The molecule has 3 rings (SSSR count). The summed E-state index contributed by atoms with van der Waals surface area (Å²) in [6, 6.07) is 7.10. The number of carbonyl (C=O) groups excluding carboxylic acids is 2. The van der Waals surface area contributed by atoms with E-state index in [0.717, 1.165) is 16.1 Å². The van der Waals surface area contributed by atoms with Crippen molar-refractivity contribution in [3.63, 3.8) is 0 Å². The minimum Gasteiger partial charge on any atom is -0.351 e. The average molecular weight is 330 g/mol. The van der Waals surface area contributed by atoms with Crippen molar-refractivity contribution in [3.05, 3.63) is 46.0 Å². The van der Waals surface area contributed by atoms with Gasteiger partial charge in [-0.15, -0.1) is 5.10 Å². The lowest BCUT2D eigenvalue weighted by Crippen LogP contribution is -2.28. The Balaban J connectivity index is 1.60. The second kappa shape index (κ2) is 6.45. The highest BCUT2D eigenvalue weighted by Gasteiger charge is 2.29. The molecule has 1 aliphatic rings. The van der Waals surface area contributed by atoms with Crippen LogP contribution in [0, 0.1) is 0 Å². The molecule has 1 aliphatic heterocycles. The summed E-state index contributed by atoms with van der Waals surface area (Å²) in [5.41, 5.74) is 2.46. The molecule has 23 heavy (non-hydrogen) atoms. The standard InChI is InChI=1S/C16H18N4O2S/c1-9(2)15-13(23-20-19-15)8-17-14(21)7-12-10-5-3-4-6-11(10)16(22)18-12/h3-6,9,12H,7-8H2,1-2H3,(H,17,21)(H,18,22)/t12-/m0/s1. The van der Waals surface area contributed by atoms with Crippen molar-refractivity contribution in [1.82, 2.24) is 20.2 Å². The molecule has 2 aromatic rings. The van der Waals surface area contributed by atoms with Crippen LogP contribution in [0.5, 0.6) is 0 Å². The normalized spacial score (nSPS) is 16.3. The third-order valence-corrected chi connectivity index (χ3v) is 4.59. The van der Waals surface area contributed by atoms with E-state index in [9.17, 15) is 9.59 Å². The Morgan fingerprint density at radius 2 is 2.17 bits per heavy atom. The number of carbonyl (C=O) groups is 2. The third kappa shape index (κ3) is 3.24. The second-order valence-electron chi connectivity index (χ2n) is 5.83. The van der Waals surface area contributed by atoms with Gasteiger partial charge >= 0.3 is 0 Å². The molecule has 1 aromatic carbocycles. The zero-order chi connectivity index (χ0) is 16.4. The fraction of sp³-hybridized carbons (Fsp3) is 0.375. The number of rotatable bonds is 5. The highest BCUT2D eigenvalue weighted by molar-refractivity contribution is 7.05. The van der Waals surface area contributed by atoms with E-state index in [1.54, 1.807) is 6.07 Å². The van der Waals surface area contributed by atoms with Gasteiger partial charge in [0.1, 0.15) is 0 Å². The molecule has 0 spiro atoms. The monoisotopic (exact) mass is 330 g/mol. The fourth-order valence-electron chi connectivity index (χ4n) is 2.70. The number of nitrogens with zero attached hydrogens (tertiary/aromatic N) is 2. The smallest absolute Gasteiger partial charge is 0.252 e. The van der Waals surface area contributed by atoms with Crippen molar-refractivity contribution in [2.75, 3.05) is 0 Å². The van der Waals surface area contributed by atoms with E-state index in [2.05, 4.69) is 20.2 Å². The highest BCUT2D eigenvalue weighted by atomic mass is 32.1. The summed E-state index contributed by atoms with van der Waals surface area (Å²) in [6.07, 6.45) is 0.228. The minimum atomic E-state index is -0.261. The summed E-state index contributed by atoms with van der Waals surface area (Å²) in [5, 5.41) is 9.84. The van der Waals surface area contributed by atoms with Crippen LogP contribution in [-0.4, -0.2) is 21.4 Å². The SMILES string of the molecule is CC(C)c1nnsc1CNC(=O)C[C@@H]1NC(=O)c2ccccc21. The van der Waals surface area contributed by atoms with Gasteiger partial charge in [0, 0.05) is 5.56 Å². The maximum absolute atomic E-state index is 12.2. The van der Waals surface area contributed by atoms with Gasteiger partial charge in [-0.1, -0.05) is 36.5 Å². The lowest BCUT2D eigenvalue weighted by Gasteiger charge is -2.12. The molecule has 2 heterocycles. The molecule has 0 bridgehead atoms. The molecule has 0 saturated carbocycles. The van der Waals surface area contributed by atoms with Gasteiger partial charge in [0.15, 0.2) is 0 Å². The van der Waals surface area contributed by atoms with Crippen LogP contribution < -0.4 is 10.6 Å². The van der Waals surface area contributed by atoms with E-state index in [4.69, 9.17) is 0 Å². The first-order chi connectivity index (χ1) is 11.1. The molecule has 6 nitrogen and oxygen atoms in total. The Bertz CT molecular complexity index is 741. The Morgan fingerprint density at radius 3 is 2.96 bits per heavy atom. The zero-order valence-electron chi connectivity index (χ0n) is 13.0. The first kappa shape index (κ1) is 15.6. The number of nitrogens with one attached hydrogen (secondary N) is 2. The summed E-state index contributed by atoms with van der Waals surface area (Å²) in [4.78, 5) is 25.0. The zero-order valence-corrected chi connectivity index (χ0v) is 13.8. The molecule has 0 aliphatic carbocycles. The van der Waals surface area contributed by atoms with Crippen molar-refractivity contribution in [3.8, 4) is 0 Å². The summed E-state index contributed by atoms with van der Waals surface area (Å²) in [5.74, 6) is 0.0592. The van der Waals surface area contributed by atoms with Crippen LogP contribution >= 0.6 is 11.5 Å². The lowest BCUT2D eigenvalue weighted by atomic mass is 10.0. The van der Waals surface area contributed by atoms with Gasteiger partial charge in [0.2, 0.25) is 5.91 Å². The second-order valence-corrected chi connectivity index (χ2v) is 6.67. The maximum Gasteiger partial charge on any atom is 0.252 e. The largest absolute Gasteiger partial charge is 0.351 e. The molecule has 0 saturated heterocycles. The van der Waals surface area contributed by atoms with Gasteiger partial charge in [-0.3, -0.25) is 9.59 Å². The Labute approximate surface area is 138 Å². The summed E-state index contributed by atoms with van der Waals surface area (Å²) < 4.78 is 3.95. The number of hydrogen-bond acceptors (Lipinski definition) is 5. The van der Waals surface area contributed by atoms with E-state index in [1.807, 2.05) is 32.0 Å². The topological polar surface area (TPSA) is 84.0 Å². The molecule has 0 fully saturated rings. The fourth-order valence-corrected chi connectivity index (χ4v) is 3.43. The molecule has 1 atom stereocenters. The number of amides is 2. The first-order valence-electron chi connectivity index (χ1n) is 7.54. The van der Waals surface area contributed by atoms with E-state index < -0.39 is 0 Å². The van der Waals surface area contributed by atoms with Crippen LogP contribution in [0.25, 0.3) is 0 Å².